The Morgan fingerprint density at radius 3 is 2.48 bits per heavy atom. The lowest BCUT2D eigenvalue weighted by molar-refractivity contribution is -0.113. The number of thioether (sulfide) groups is 1. The molecule has 9 heteroatoms. The van der Waals surface area contributed by atoms with Gasteiger partial charge in [-0.15, -0.1) is 11.8 Å². The van der Waals surface area contributed by atoms with Crippen LogP contribution in [0.25, 0.3) is 16.6 Å². The van der Waals surface area contributed by atoms with Gasteiger partial charge < -0.3 is 5.32 Å². The molecule has 4 rings (SSSR count). The second-order valence-electron chi connectivity index (χ2n) is 7.37. The molecule has 1 aromatic heterocycles. The zero-order valence-corrected chi connectivity index (χ0v) is 21.6. The molecule has 4 aromatic rings. The Bertz CT molecular complexity index is 1440. The molecule has 5 nitrogen and oxygen atoms in total. The number of hydrogen-bond donors (Lipinski definition) is 1. The van der Waals surface area contributed by atoms with Crippen molar-refractivity contribution < 1.29 is 4.79 Å². The molecular formula is C24H18BrCl2N3O2S. The molecule has 0 unspecified atom stereocenters. The van der Waals surface area contributed by atoms with Crippen LogP contribution in [0.15, 0.2) is 68.8 Å². The van der Waals surface area contributed by atoms with Crippen LogP contribution in [0.3, 0.4) is 0 Å². The normalized spacial score (nSPS) is 11.1. The number of aromatic nitrogens is 2. The van der Waals surface area contributed by atoms with Crippen LogP contribution in [0.5, 0.6) is 0 Å². The highest BCUT2D eigenvalue weighted by Gasteiger charge is 2.13. The Morgan fingerprint density at radius 1 is 1.06 bits per heavy atom. The minimum Gasteiger partial charge on any atom is -0.324 e. The molecule has 0 bridgehead atoms. The lowest BCUT2D eigenvalue weighted by atomic mass is 10.1. The maximum absolute atomic E-state index is 13.2. The average molecular weight is 563 g/mol. The van der Waals surface area contributed by atoms with Crippen molar-refractivity contribution in [2.75, 3.05) is 11.1 Å². The minimum atomic E-state index is -0.170. The Labute approximate surface area is 213 Å². The standard InChI is InChI=1S/C24H18BrCl2N3O2S/c1-13-9-16(27)10-19-23(13)28-14(2)30(24(19)32)17-4-6-18(7-5-17)33-12-22(31)29-21-8-3-15(26)11-20(21)25/h3-11H,12H2,1-2H3,(H,29,31). The van der Waals surface area contributed by atoms with Crippen molar-refractivity contribution in [1.82, 2.24) is 9.55 Å². The summed E-state index contributed by atoms with van der Waals surface area (Å²) in [4.78, 5) is 31.0. The molecule has 0 aliphatic carbocycles. The van der Waals surface area contributed by atoms with E-state index in [0.29, 0.717) is 38.1 Å². The molecule has 0 spiro atoms. The summed E-state index contributed by atoms with van der Waals surface area (Å²) in [5.41, 5.74) is 2.71. The van der Waals surface area contributed by atoms with Gasteiger partial charge in [0.05, 0.1) is 28.0 Å². The third kappa shape index (κ3) is 5.27. The van der Waals surface area contributed by atoms with Gasteiger partial charge in [0, 0.05) is 19.4 Å². The SMILES string of the molecule is Cc1cc(Cl)cc2c(=O)n(-c3ccc(SCC(=O)Nc4ccc(Cl)cc4Br)cc3)c(C)nc12. The van der Waals surface area contributed by atoms with Crippen LogP contribution in [0.4, 0.5) is 5.69 Å². The molecule has 0 aliphatic rings. The third-order valence-electron chi connectivity index (χ3n) is 4.97. The van der Waals surface area contributed by atoms with E-state index < -0.39 is 0 Å². The summed E-state index contributed by atoms with van der Waals surface area (Å²) in [6, 6.07) is 16.1. The molecule has 0 fully saturated rings. The highest BCUT2D eigenvalue weighted by molar-refractivity contribution is 9.10. The highest BCUT2D eigenvalue weighted by Crippen LogP contribution is 2.27. The van der Waals surface area contributed by atoms with E-state index in [1.165, 1.54) is 11.8 Å². The van der Waals surface area contributed by atoms with Crippen LogP contribution in [0, 0.1) is 13.8 Å². The summed E-state index contributed by atoms with van der Waals surface area (Å²) >= 11 is 16.9. The maximum Gasteiger partial charge on any atom is 0.266 e. The fourth-order valence-electron chi connectivity index (χ4n) is 3.45. The van der Waals surface area contributed by atoms with Gasteiger partial charge in [0.25, 0.3) is 5.56 Å². The first-order valence-electron chi connectivity index (χ1n) is 9.90. The number of aryl methyl sites for hydroxylation is 2. The fraction of sp³-hybridized carbons (Fsp3) is 0.125. The van der Waals surface area contributed by atoms with Crippen molar-refractivity contribution in [3.8, 4) is 5.69 Å². The first-order chi connectivity index (χ1) is 15.7. The van der Waals surface area contributed by atoms with Crippen LogP contribution in [-0.2, 0) is 4.79 Å². The number of nitrogens with zero attached hydrogens (tertiary/aromatic N) is 2. The highest BCUT2D eigenvalue weighted by atomic mass is 79.9. The van der Waals surface area contributed by atoms with E-state index in [0.717, 1.165) is 14.9 Å². The van der Waals surface area contributed by atoms with E-state index >= 15 is 0 Å². The maximum atomic E-state index is 13.2. The molecule has 1 amide bonds. The van der Waals surface area contributed by atoms with Gasteiger partial charge in [-0.05, 0) is 89.9 Å². The molecular weight excluding hydrogens is 545 g/mol. The summed E-state index contributed by atoms with van der Waals surface area (Å²) in [6.07, 6.45) is 0. The van der Waals surface area contributed by atoms with E-state index in [1.54, 1.807) is 41.8 Å². The molecule has 1 N–H and O–H groups in total. The van der Waals surface area contributed by atoms with E-state index in [1.807, 2.05) is 31.2 Å². The Morgan fingerprint density at radius 2 is 1.79 bits per heavy atom. The first kappa shape index (κ1) is 23.8. The smallest absolute Gasteiger partial charge is 0.266 e. The second kappa shape index (κ2) is 9.89. The summed E-state index contributed by atoms with van der Waals surface area (Å²) in [5.74, 6) is 0.694. The number of amides is 1. The zero-order valence-electron chi connectivity index (χ0n) is 17.7. The molecule has 0 saturated carbocycles. The van der Waals surface area contributed by atoms with Gasteiger partial charge in [0.15, 0.2) is 0 Å². The topological polar surface area (TPSA) is 64.0 Å². The summed E-state index contributed by atoms with van der Waals surface area (Å²) < 4.78 is 2.29. The van der Waals surface area contributed by atoms with Crippen molar-refractivity contribution in [3.05, 3.63) is 90.9 Å². The van der Waals surface area contributed by atoms with Crippen molar-refractivity contribution >= 4 is 73.4 Å². The van der Waals surface area contributed by atoms with E-state index in [4.69, 9.17) is 23.2 Å². The number of hydrogen-bond acceptors (Lipinski definition) is 4. The fourth-order valence-corrected chi connectivity index (χ4v) is 5.20. The van der Waals surface area contributed by atoms with Gasteiger partial charge in [0.1, 0.15) is 5.82 Å². The monoisotopic (exact) mass is 561 g/mol. The number of halogens is 3. The second-order valence-corrected chi connectivity index (χ2v) is 10.1. The Kier molecular flexibility index (Phi) is 7.14. The number of nitrogens with one attached hydrogen (secondary N) is 1. The van der Waals surface area contributed by atoms with Crippen LogP contribution < -0.4 is 10.9 Å². The summed E-state index contributed by atoms with van der Waals surface area (Å²) in [6.45, 7) is 3.69. The molecule has 168 valence electrons. The van der Waals surface area contributed by atoms with Crippen molar-refractivity contribution in [2.45, 2.75) is 18.7 Å². The van der Waals surface area contributed by atoms with Crippen LogP contribution >= 0.6 is 50.9 Å². The lowest BCUT2D eigenvalue weighted by Crippen LogP contribution is -2.22. The molecule has 1 heterocycles. The van der Waals surface area contributed by atoms with Gasteiger partial charge in [-0.1, -0.05) is 23.2 Å². The number of rotatable bonds is 5. The van der Waals surface area contributed by atoms with Crippen LogP contribution in [0.2, 0.25) is 10.0 Å². The number of benzene rings is 3. The zero-order chi connectivity index (χ0) is 23.7. The molecule has 0 atom stereocenters. The van der Waals surface area contributed by atoms with Gasteiger partial charge >= 0.3 is 0 Å². The van der Waals surface area contributed by atoms with Crippen molar-refractivity contribution in [3.63, 3.8) is 0 Å². The average Bonchev–Trinajstić information content (AvgIpc) is 2.76. The predicted molar refractivity (Wildman–Crippen MR) is 140 cm³/mol. The van der Waals surface area contributed by atoms with E-state index in [-0.39, 0.29) is 17.2 Å². The molecule has 0 radical (unpaired) electrons. The number of carbonyl (C=O) groups is 1. The third-order valence-corrected chi connectivity index (χ3v) is 7.09. The van der Waals surface area contributed by atoms with Gasteiger partial charge in [-0.3, -0.25) is 14.2 Å². The quantitative estimate of drug-likeness (QED) is 0.272. The van der Waals surface area contributed by atoms with Crippen LogP contribution in [0.1, 0.15) is 11.4 Å². The first-order valence-corrected chi connectivity index (χ1v) is 12.4. The van der Waals surface area contributed by atoms with Crippen molar-refractivity contribution in [1.29, 1.82) is 0 Å². The summed E-state index contributed by atoms with van der Waals surface area (Å²) in [5, 5.41) is 4.43. The summed E-state index contributed by atoms with van der Waals surface area (Å²) in [7, 11) is 0. The molecule has 33 heavy (non-hydrogen) atoms. The molecule has 3 aromatic carbocycles. The molecule has 0 saturated heterocycles. The Hall–Kier alpha value is -2.32. The molecule has 0 aliphatic heterocycles. The largest absolute Gasteiger partial charge is 0.324 e. The van der Waals surface area contributed by atoms with E-state index in [9.17, 15) is 9.59 Å². The number of anilines is 1. The van der Waals surface area contributed by atoms with Crippen LogP contribution in [-0.4, -0.2) is 21.2 Å². The number of carbonyl (C=O) groups excluding carboxylic acids is 1. The minimum absolute atomic E-state index is 0.134. The predicted octanol–water partition coefficient (Wildman–Crippen LogP) is 6.80. The number of fused-ring (bicyclic) bond motifs is 1. The van der Waals surface area contributed by atoms with Crippen molar-refractivity contribution in [2.24, 2.45) is 0 Å². The van der Waals surface area contributed by atoms with Gasteiger partial charge in [-0.2, -0.15) is 0 Å². The van der Waals surface area contributed by atoms with Gasteiger partial charge in [0.2, 0.25) is 5.91 Å². The Balaban J connectivity index is 1.51. The van der Waals surface area contributed by atoms with E-state index in [2.05, 4.69) is 26.2 Å². The van der Waals surface area contributed by atoms with Gasteiger partial charge in [-0.25, -0.2) is 4.98 Å². The lowest BCUT2D eigenvalue weighted by Gasteiger charge is -2.13.